The normalized spacial score (nSPS) is 20.0. The van der Waals surface area contributed by atoms with E-state index in [0.29, 0.717) is 10.5 Å². The summed E-state index contributed by atoms with van der Waals surface area (Å²) in [6.45, 7) is -1.05. The van der Waals surface area contributed by atoms with Crippen LogP contribution in [0.15, 0.2) is 48.5 Å². The van der Waals surface area contributed by atoms with Gasteiger partial charge in [0, 0.05) is 29.2 Å². The molecular formula is C18H16ClF3N2O2. The molecule has 2 aromatic rings. The molecule has 0 fully saturated rings. The summed E-state index contributed by atoms with van der Waals surface area (Å²) in [6.07, 6.45) is -5.28. The molecule has 8 heteroatoms. The number of carbonyl (C=O) groups is 1. The van der Waals surface area contributed by atoms with Crippen molar-refractivity contribution in [2.45, 2.75) is 18.3 Å². The molecule has 2 N–H and O–H groups in total. The molecule has 0 saturated heterocycles. The Morgan fingerprint density at radius 1 is 1.19 bits per heavy atom. The fourth-order valence-electron chi connectivity index (χ4n) is 3.21. The van der Waals surface area contributed by atoms with Crippen LogP contribution in [0.2, 0.25) is 5.02 Å². The summed E-state index contributed by atoms with van der Waals surface area (Å²) >= 11 is 5.89. The highest BCUT2D eigenvalue weighted by Gasteiger charge is 2.62. The van der Waals surface area contributed by atoms with Gasteiger partial charge < -0.3 is 15.3 Å². The fraction of sp³-hybridized carbons (Fsp3) is 0.278. The highest BCUT2D eigenvalue weighted by atomic mass is 35.5. The molecular weight excluding hydrogens is 369 g/mol. The Balaban J connectivity index is 2.16. The number of halogens is 4. The topological polar surface area (TPSA) is 52.6 Å². The van der Waals surface area contributed by atoms with Gasteiger partial charge in [-0.2, -0.15) is 13.2 Å². The molecule has 3 rings (SSSR count). The van der Waals surface area contributed by atoms with Crippen LogP contribution in [0.3, 0.4) is 0 Å². The molecule has 0 aromatic heterocycles. The Hall–Kier alpha value is -2.25. The molecule has 1 unspecified atom stereocenters. The van der Waals surface area contributed by atoms with Gasteiger partial charge >= 0.3 is 6.18 Å². The minimum Gasteiger partial charge on any atom is -0.395 e. The first-order chi connectivity index (χ1) is 12.3. The van der Waals surface area contributed by atoms with Crippen LogP contribution in [0.1, 0.15) is 15.9 Å². The Bertz CT molecular complexity index is 828. The molecule has 0 aliphatic carbocycles. The van der Waals surface area contributed by atoms with Crippen LogP contribution in [0, 0.1) is 0 Å². The molecule has 138 valence electrons. The van der Waals surface area contributed by atoms with Gasteiger partial charge in [0.2, 0.25) is 5.66 Å². The monoisotopic (exact) mass is 384 g/mol. The maximum absolute atomic E-state index is 14.3. The lowest BCUT2D eigenvalue weighted by atomic mass is 9.87. The Morgan fingerprint density at radius 3 is 2.58 bits per heavy atom. The van der Waals surface area contributed by atoms with Gasteiger partial charge in [-0.05, 0) is 29.8 Å². The van der Waals surface area contributed by atoms with Gasteiger partial charge in [0.25, 0.3) is 5.91 Å². The van der Waals surface area contributed by atoms with Gasteiger partial charge in [0.15, 0.2) is 0 Å². The number of aliphatic hydroxyl groups excluding tert-OH is 1. The average Bonchev–Trinajstić information content (AvgIpc) is 2.57. The lowest BCUT2D eigenvalue weighted by molar-refractivity contribution is -0.216. The van der Waals surface area contributed by atoms with E-state index in [1.165, 1.54) is 30.3 Å². The first-order valence-corrected chi connectivity index (χ1v) is 8.27. The quantitative estimate of drug-likeness (QED) is 0.845. The third-order valence-electron chi connectivity index (χ3n) is 4.37. The van der Waals surface area contributed by atoms with E-state index in [-0.39, 0.29) is 16.3 Å². The largest absolute Gasteiger partial charge is 0.430 e. The lowest BCUT2D eigenvalue weighted by Gasteiger charge is -2.48. The highest BCUT2D eigenvalue weighted by molar-refractivity contribution is 6.30. The molecule has 1 atom stereocenters. The van der Waals surface area contributed by atoms with Gasteiger partial charge in [-0.1, -0.05) is 35.9 Å². The number of β-amino-alcohol motifs (C(OH)–C–C–N with tert-alkyl or cyclic N) is 1. The van der Waals surface area contributed by atoms with Crippen molar-refractivity contribution < 1.29 is 23.1 Å². The smallest absolute Gasteiger partial charge is 0.395 e. The van der Waals surface area contributed by atoms with E-state index in [2.05, 4.69) is 5.32 Å². The van der Waals surface area contributed by atoms with Crippen molar-refractivity contribution >= 4 is 23.2 Å². The van der Waals surface area contributed by atoms with Crippen molar-refractivity contribution in [2.24, 2.45) is 0 Å². The molecule has 0 bridgehead atoms. The predicted molar refractivity (Wildman–Crippen MR) is 92.1 cm³/mol. The second-order valence-electron chi connectivity index (χ2n) is 6.01. The maximum atomic E-state index is 14.3. The first-order valence-electron chi connectivity index (χ1n) is 7.90. The van der Waals surface area contributed by atoms with Crippen LogP contribution in [0.4, 0.5) is 18.9 Å². The molecule has 1 aliphatic heterocycles. The van der Waals surface area contributed by atoms with Crippen molar-refractivity contribution in [1.82, 2.24) is 4.90 Å². The van der Waals surface area contributed by atoms with Gasteiger partial charge in [0.05, 0.1) is 6.61 Å². The van der Waals surface area contributed by atoms with E-state index in [1.54, 1.807) is 18.2 Å². The molecule has 2 aromatic carbocycles. The van der Waals surface area contributed by atoms with Gasteiger partial charge in [-0.15, -0.1) is 0 Å². The number of nitrogens with one attached hydrogen (secondary N) is 1. The zero-order valence-electron chi connectivity index (χ0n) is 13.6. The van der Waals surface area contributed by atoms with Crippen molar-refractivity contribution in [1.29, 1.82) is 0 Å². The summed E-state index contributed by atoms with van der Waals surface area (Å²) in [6, 6.07) is 12.0. The maximum Gasteiger partial charge on any atom is 0.430 e. The number of amides is 1. The van der Waals surface area contributed by atoms with E-state index in [1.807, 2.05) is 0 Å². The third-order valence-corrected chi connectivity index (χ3v) is 4.60. The minimum atomic E-state index is -4.80. The summed E-state index contributed by atoms with van der Waals surface area (Å²) in [7, 11) is 0. The van der Waals surface area contributed by atoms with Gasteiger partial charge in [-0.25, -0.2) is 0 Å². The van der Waals surface area contributed by atoms with Crippen LogP contribution in [-0.4, -0.2) is 40.9 Å². The number of hydrogen-bond donors (Lipinski definition) is 2. The van der Waals surface area contributed by atoms with Gasteiger partial charge in [0.1, 0.15) is 0 Å². The van der Waals surface area contributed by atoms with E-state index in [4.69, 9.17) is 11.6 Å². The zero-order valence-corrected chi connectivity index (χ0v) is 14.3. The number of alkyl halides is 3. The number of nitrogens with zero attached hydrogens (tertiary/aromatic N) is 1. The average molecular weight is 385 g/mol. The predicted octanol–water partition coefficient (Wildman–Crippen LogP) is 3.70. The molecule has 1 amide bonds. The highest BCUT2D eigenvalue weighted by Crippen LogP contribution is 2.43. The van der Waals surface area contributed by atoms with Crippen molar-refractivity contribution in [3.8, 4) is 0 Å². The summed E-state index contributed by atoms with van der Waals surface area (Å²) in [4.78, 5) is 13.4. The van der Waals surface area contributed by atoms with Crippen LogP contribution in [0.25, 0.3) is 0 Å². The molecule has 0 spiro atoms. The standard InChI is InChI=1S/C18H16ClF3N2O2/c19-13-5-3-6-14(10-13)23-17(18(20,21)22)11-12-4-1-2-7-15(12)16(26)24(17)8-9-25/h1-7,10,23,25H,8-9,11H2. The lowest BCUT2D eigenvalue weighted by Crippen LogP contribution is -2.69. The SMILES string of the molecule is O=C1c2ccccc2CC(Nc2cccc(Cl)c2)(C(F)(F)F)N1CCO. The number of benzene rings is 2. The Labute approximate surface area is 153 Å². The number of fused-ring (bicyclic) bond motifs is 1. The first kappa shape index (κ1) is 18.5. The van der Waals surface area contributed by atoms with E-state index < -0.39 is 37.3 Å². The zero-order chi connectivity index (χ0) is 18.9. The van der Waals surface area contributed by atoms with Crippen molar-refractivity contribution in [3.63, 3.8) is 0 Å². The third kappa shape index (κ3) is 3.12. The Morgan fingerprint density at radius 2 is 1.92 bits per heavy atom. The number of hydrogen-bond acceptors (Lipinski definition) is 3. The van der Waals surface area contributed by atoms with Gasteiger partial charge in [-0.3, -0.25) is 4.79 Å². The van der Waals surface area contributed by atoms with E-state index >= 15 is 0 Å². The molecule has 0 saturated carbocycles. The second-order valence-corrected chi connectivity index (χ2v) is 6.44. The van der Waals surface area contributed by atoms with Crippen molar-refractivity contribution in [2.75, 3.05) is 18.5 Å². The fourth-order valence-corrected chi connectivity index (χ4v) is 3.40. The number of rotatable bonds is 4. The summed E-state index contributed by atoms with van der Waals surface area (Å²) in [5, 5.41) is 12.0. The Kier molecular flexibility index (Phi) is 4.86. The van der Waals surface area contributed by atoms with Crippen LogP contribution < -0.4 is 5.32 Å². The number of anilines is 1. The molecule has 4 nitrogen and oxygen atoms in total. The second kappa shape index (κ2) is 6.81. The summed E-state index contributed by atoms with van der Waals surface area (Å²) in [5.74, 6) is -0.784. The number of aliphatic hydroxyl groups is 1. The van der Waals surface area contributed by atoms with Crippen LogP contribution in [0.5, 0.6) is 0 Å². The van der Waals surface area contributed by atoms with Crippen molar-refractivity contribution in [3.05, 3.63) is 64.7 Å². The minimum absolute atomic E-state index is 0.130. The summed E-state index contributed by atoms with van der Waals surface area (Å²) < 4.78 is 42.8. The molecule has 1 heterocycles. The molecule has 26 heavy (non-hydrogen) atoms. The molecule has 0 radical (unpaired) electrons. The van der Waals surface area contributed by atoms with E-state index in [9.17, 15) is 23.1 Å². The van der Waals surface area contributed by atoms with E-state index in [0.717, 1.165) is 0 Å². The number of carbonyl (C=O) groups excluding carboxylic acids is 1. The summed E-state index contributed by atoms with van der Waals surface area (Å²) in [5.41, 5.74) is -2.07. The van der Waals surface area contributed by atoms with Crippen LogP contribution in [-0.2, 0) is 6.42 Å². The van der Waals surface area contributed by atoms with Crippen LogP contribution >= 0.6 is 11.6 Å². The molecule has 1 aliphatic rings.